The molecule has 2 aromatic carbocycles. The first kappa shape index (κ1) is 23.0. The lowest BCUT2D eigenvalue weighted by molar-refractivity contribution is 0.0732. The average Bonchev–Trinajstić information content (AvgIpc) is 3.35. The second kappa shape index (κ2) is 10.1. The highest BCUT2D eigenvalue weighted by atomic mass is 32.1. The van der Waals surface area contributed by atoms with Gasteiger partial charge in [0.15, 0.2) is 0 Å². The van der Waals surface area contributed by atoms with Crippen LogP contribution in [0.2, 0.25) is 0 Å². The van der Waals surface area contributed by atoms with Crippen molar-refractivity contribution < 1.29 is 9.53 Å². The number of hydrogen-bond acceptors (Lipinski definition) is 5. The van der Waals surface area contributed by atoms with Gasteiger partial charge in [-0.15, -0.1) is 11.3 Å². The third-order valence-corrected chi connectivity index (χ3v) is 6.50. The Kier molecular flexibility index (Phi) is 7.06. The van der Waals surface area contributed by atoms with Crippen LogP contribution < -0.4 is 4.74 Å². The fourth-order valence-electron chi connectivity index (χ4n) is 3.72. The van der Waals surface area contributed by atoms with Gasteiger partial charge in [0, 0.05) is 36.7 Å². The molecule has 5 nitrogen and oxygen atoms in total. The van der Waals surface area contributed by atoms with Crippen molar-refractivity contribution in [3.05, 3.63) is 82.7 Å². The predicted molar refractivity (Wildman–Crippen MR) is 136 cm³/mol. The van der Waals surface area contributed by atoms with E-state index in [1.54, 1.807) is 18.4 Å². The molecule has 0 spiro atoms. The molecule has 0 atom stereocenters. The number of amides is 1. The third-order valence-electron chi connectivity index (χ3n) is 5.62. The lowest BCUT2D eigenvalue weighted by Crippen LogP contribution is -2.36. The molecule has 0 radical (unpaired) electrons. The molecule has 2 heterocycles. The summed E-state index contributed by atoms with van der Waals surface area (Å²) in [4.78, 5) is 23.6. The Labute approximate surface area is 199 Å². The van der Waals surface area contributed by atoms with E-state index in [1.165, 1.54) is 0 Å². The van der Waals surface area contributed by atoms with Gasteiger partial charge in [-0.1, -0.05) is 23.8 Å². The van der Waals surface area contributed by atoms with Gasteiger partial charge in [0.25, 0.3) is 5.91 Å². The molecule has 0 unspecified atom stereocenters. The van der Waals surface area contributed by atoms with Gasteiger partial charge >= 0.3 is 0 Å². The highest BCUT2D eigenvalue weighted by molar-refractivity contribution is 7.13. The first-order chi connectivity index (χ1) is 15.9. The van der Waals surface area contributed by atoms with Crippen molar-refractivity contribution in [2.24, 2.45) is 0 Å². The summed E-state index contributed by atoms with van der Waals surface area (Å²) >= 11 is 1.65. The summed E-state index contributed by atoms with van der Waals surface area (Å²) < 4.78 is 5.40. The molecule has 0 saturated heterocycles. The van der Waals surface area contributed by atoms with E-state index < -0.39 is 0 Å². The largest absolute Gasteiger partial charge is 0.497 e. The molecule has 1 amide bonds. The molecule has 4 rings (SSSR count). The molecule has 0 N–H and O–H groups in total. The quantitative estimate of drug-likeness (QED) is 0.350. The molecule has 0 aliphatic carbocycles. The van der Waals surface area contributed by atoms with Crippen molar-refractivity contribution in [1.29, 1.82) is 0 Å². The number of nitrogens with zero attached hydrogens (tertiary/aromatic N) is 3. The van der Waals surface area contributed by atoms with Crippen LogP contribution in [0.4, 0.5) is 0 Å². The molecule has 0 fully saturated rings. The van der Waals surface area contributed by atoms with Gasteiger partial charge in [-0.25, -0.2) is 4.98 Å². The minimum Gasteiger partial charge on any atom is -0.497 e. The Hall–Kier alpha value is -3.22. The second-order valence-electron chi connectivity index (χ2n) is 8.43. The van der Waals surface area contributed by atoms with Crippen LogP contribution in [-0.4, -0.2) is 55.0 Å². The summed E-state index contributed by atoms with van der Waals surface area (Å²) in [5.41, 5.74) is 4.67. The number of hydrogen-bond donors (Lipinski definition) is 0. The maximum atomic E-state index is 13.5. The van der Waals surface area contributed by atoms with Crippen LogP contribution in [0.3, 0.4) is 0 Å². The van der Waals surface area contributed by atoms with Crippen LogP contribution in [0.25, 0.3) is 21.5 Å². The number of aromatic nitrogens is 1. The molecule has 6 heteroatoms. The van der Waals surface area contributed by atoms with Crippen molar-refractivity contribution in [2.75, 3.05) is 34.3 Å². The van der Waals surface area contributed by atoms with Crippen molar-refractivity contribution in [3.8, 4) is 16.3 Å². The normalized spacial score (nSPS) is 11.2. The number of benzene rings is 2. The van der Waals surface area contributed by atoms with Crippen LogP contribution >= 0.6 is 11.3 Å². The number of aryl methyl sites for hydroxylation is 1. The van der Waals surface area contributed by atoms with Gasteiger partial charge in [0.05, 0.1) is 23.2 Å². The number of fused-ring (bicyclic) bond motifs is 1. The SMILES string of the molecule is COc1ccc2cc(CN(CCN(C)C)C(=O)c3ccc(C)cc3)c(-c3cccs3)nc2c1. The number of rotatable bonds is 8. The summed E-state index contributed by atoms with van der Waals surface area (Å²) in [6.07, 6.45) is 0. The Morgan fingerprint density at radius 3 is 2.48 bits per heavy atom. The van der Waals surface area contributed by atoms with Crippen LogP contribution in [0.1, 0.15) is 21.5 Å². The highest BCUT2D eigenvalue weighted by Gasteiger charge is 2.20. The molecule has 0 aliphatic heterocycles. The summed E-state index contributed by atoms with van der Waals surface area (Å²) in [5.74, 6) is 0.811. The summed E-state index contributed by atoms with van der Waals surface area (Å²) in [7, 11) is 5.71. The highest BCUT2D eigenvalue weighted by Crippen LogP contribution is 2.31. The molecule has 4 aromatic rings. The zero-order valence-electron chi connectivity index (χ0n) is 19.5. The van der Waals surface area contributed by atoms with E-state index in [9.17, 15) is 4.79 Å². The van der Waals surface area contributed by atoms with Crippen LogP contribution in [0.5, 0.6) is 5.75 Å². The first-order valence-corrected chi connectivity index (χ1v) is 11.8. The topological polar surface area (TPSA) is 45.7 Å². The van der Waals surface area contributed by atoms with E-state index in [0.29, 0.717) is 18.7 Å². The van der Waals surface area contributed by atoms with E-state index in [1.807, 2.05) is 74.4 Å². The van der Waals surface area contributed by atoms with Crippen molar-refractivity contribution in [3.63, 3.8) is 0 Å². The van der Waals surface area contributed by atoms with Gasteiger partial charge < -0.3 is 14.5 Å². The number of ether oxygens (including phenoxy) is 1. The van der Waals surface area contributed by atoms with Crippen molar-refractivity contribution in [1.82, 2.24) is 14.8 Å². The Morgan fingerprint density at radius 1 is 1.03 bits per heavy atom. The molecule has 33 heavy (non-hydrogen) atoms. The van der Waals surface area contributed by atoms with E-state index in [2.05, 4.69) is 22.4 Å². The maximum Gasteiger partial charge on any atom is 0.254 e. The number of pyridine rings is 1. The molecule has 0 saturated carbocycles. The number of likely N-dealkylation sites (N-methyl/N-ethyl adjacent to an activating group) is 1. The van der Waals surface area contributed by atoms with Crippen LogP contribution in [-0.2, 0) is 6.54 Å². The number of carbonyl (C=O) groups excluding carboxylic acids is 1. The standard InChI is InChI=1S/C27H29N3O2S/c1-19-7-9-20(10-8-19)27(31)30(14-13-29(2)3)18-22-16-21-11-12-23(32-4)17-24(21)28-26(22)25-6-5-15-33-25/h5-12,15-17H,13-14,18H2,1-4H3. The Morgan fingerprint density at radius 2 is 1.82 bits per heavy atom. The minimum absolute atomic E-state index is 0.0313. The predicted octanol–water partition coefficient (Wildman–Crippen LogP) is 5.48. The molecular weight excluding hydrogens is 430 g/mol. The van der Waals surface area contributed by atoms with Gasteiger partial charge in [-0.05, 0) is 68.4 Å². The fraction of sp³-hybridized carbons (Fsp3) is 0.259. The lowest BCUT2D eigenvalue weighted by Gasteiger charge is -2.26. The first-order valence-electron chi connectivity index (χ1n) is 11.0. The zero-order valence-corrected chi connectivity index (χ0v) is 20.4. The second-order valence-corrected chi connectivity index (χ2v) is 9.38. The summed E-state index contributed by atoms with van der Waals surface area (Å²) in [6.45, 7) is 3.93. The number of carbonyl (C=O) groups is 1. The van der Waals surface area contributed by atoms with Crippen molar-refractivity contribution >= 4 is 28.1 Å². The molecule has 2 aromatic heterocycles. The molecule has 0 aliphatic rings. The monoisotopic (exact) mass is 459 g/mol. The van der Waals surface area contributed by atoms with E-state index >= 15 is 0 Å². The number of thiophene rings is 1. The smallest absolute Gasteiger partial charge is 0.254 e. The van der Waals surface area contributed by atoms with Crippen LogP contribution in [0.15, 0.2) is 66.0 Å². The van der Waals surface area contributed by atoms with Gasteiger partial charge in [0.1, 0.15) is 5.75 Å². The molecule has 170 valence electrons. The molecule has 0 bridgehead atoms. The van der Waals surface area contributed by atoms with Crippen LogP contribution in [0, 0.1) is 6.92 Å². The van der Waals surface area contributed by atoms with Gasteiger partial charge in [-0.2, -0.15) is 0 Å². The van der Waals surface area contributed by atoms with E-state index in [4.69, 9.17) is 9.72 Å². The number of methoxy groups -OCH3 is 1. The van der Waals surface area contributed by atoms with E-state index in [-0.39, 0.29) is 5.91 Å². The van der Waals surface area contributed by atoms with Gasteiger partial charge in [0.2, 0.25) is 0 Å². The zero-order chi connectivity index (χ0) is 23.4. The fourth-order valence-corrected chi connectivity index (χ4v) is 4.47. The van der Waals surface area contributed by atoms with Crippen molar-refractivity contribution in [2.45, 2.75) is 13.5 Å². The third kappa shape index (κ3) is 5.41. The average molecular weight is 460 g/mol. The molecular formula is C27H29N3O2S. The summed E-state index contributed by atoms with van der Waals surface area (Å²) in [6, 6.07) is 20.0. The van der Waals surface area contributed by atoms with Gasteiger partial charge in [-0.3, -0.25) is 4.79 Å². The Balaban J connectivity index is 1.75. The maximum absolute atomic E-state index is 13.5. The van der Waals surface area contributed by atoms with E-state index in [0.717, 1.165) is 44.9 Å². The lowest BCUT2D eigenvalue weighted by atomic mass is 10.1. The minimum atomic E-state index is 0.0313. The summed E-state index contributed by atoms with van der Waals surface area (Å²) in [5, 5.41) is 3.08. The Bertz CT molecular complexity index is 1230.